The van der Waals surface area contributed by atoms with Crippen LogP contribution in [0.2, 0.25) is 0 Å². The summed E-state index contributed by atoms with van der Waals surface area (Å²) < 4.78 is 0. The van der Waals surface area contributed by atoms with E-state index in [0.29, 0.717) is 5.16 Å². The Balaban J connectivity index is 1.96. The highest BCUT2D eigenvalue weighted by molar-refractivity contribution is 7.99. The molecule has 0 radical (unpaired) electrons. The molecule has 0 saturated heterocycles. The molecule has 7 heteroatoms. The standard InChI is InChI=1S/C13H14N4O2S/c1-8-4-3-5-10(9(8)2)15-12(19)7-20-13-16-11(18)6-14-17-13/h3-6H,7H2,1-2H3,(H,15,19)(H,16,17,18). The fourth-order valence-electron chi connectivity index (χ4n) is 1.57. The summed E-state index contributed by atoms with van der Waals surface area (Å²) in [6, 6.07) is 5.74. The maximum absolute atomic E-state index is 11.9. The predicted octanol–water partition coefficient (Wildman–Crippen LogP) is 1.51. The zero-order valence-corrected chi connectivity index (χ0v) is 12.0. The lowest BCUT2D eigenvalue weighted by molar-refractivity contribution is -0.113. The summed E-state index contributed by atoms with van der Waals surface area (Å²) in [6.45, 7) is 3.95. The smallest absolute Gasteiger partial charge is 0.270 e. The molecule has 6 nitrogen and oxygen atoms in total. The molecular weight excluding hydrogens is 276 g/mol. The zero-order valence-electron chi connectivity index (χ0n) is 11.1. The van der Waals surface area contributed by atoms with Crippen LogP contribution in [0.25, 0.3) is 0 Å². The summed E-state index contributed by atoms with van der Waals surface area (Å²) in [5.74, 6) is -0.00244. The second-order valence-electron chi connectivity index (χ2n) is 4.22. The van der Waals surface area contributed by atoms with Gasteiger partial charge in [-0.3, -0.25) is 14.6 Å². The Bertz CT molecular complexity index is 684. The first-order valence-corrected chi connectivity index (χ1v) is 6.95. The molecule has 1 amide bonds. The number of benzene rings is 1. The van der Waals surface area contributed by atoms with E-state index < -0.39 is 0 Å². The van der Waals surface area contributed by atoms with Crippen molar-refractivity contribution < 1.29 is 4.79 Å². The minimum Gasteiger partial charge on any atom is -0.325 e. The molecule has 0 spiro atoms. The van der Waals surface area contributed by atoms with Crippen molar-refractivity contribution in [3.05, 3.63) is 45.9 Å². The van der Waals surface area contributed by atoms with Crippen molar-refractivity contribution in [2.75, 3.05) is 11.1 Å². The zero-order chi connectivity index (χ0) is 14.5. The first-order valence-electron chi connectivity index (χ1n) is 5.97. The fourth-order valence-corrected chi connectivity index (χ4v) is 2.19. The molecule has 1 aromatic carbocycles. The van der Waals surface area contributed by atoms with Gasteiger partial charge in [-0.1, -0.05) is 23.9 Å². The van der Waals surface area contributed by atoms with Gasteiger partial charge in [-0.25, -0.2) is 0 Å². The molecule has 20 heavy (non-hydrogen) atoms. The molecule has 0 fully saturated rings. The van der Waals surface area contributed by atoms with Crippen molar-refractivity contribution in [3.8, 4) is 0 Å². The molecule has 0 aliphatic rings. The molecule has 0 atom stereocenters. The first-order chi connectivity index (χ1) is 9.56. The molecule has 0 saturated carbocycles. The second kappa shape index (κ2) is 6.33. The summed E-state index contributed by atoms with van der Waals surface area (Å²) in [6.07, 6.45) is 1.08. The number of hydrogen-bond acceptors (Lipinski definition) is 5. The lowest BCUT2D eigenvalue weighted by atomic mass is 10.1. The summed E-state index contributed by atoms with van der Waals surface area (Å²) in [4.78, 5) is 25.4. The normalized spacial score (nSPS) is 10.3. The maximum Gasteiger partial charge on any atom is 0.270 e. The Kier molecular flexibility index (Phi) is 4.52. The highest BCUT2D eigenvalue weighted by Crippen LogP contribution is 2.18. The van der Waals surface area contributed by atoms with Gasteiger partial charge in [-0.15, -0.1) is 5.10 Å². The van der Waals surface area contributed by atoms with Crippen LogP contribution < -0.4 is 10.9 Å². The van der Waals surface area contributed by atoms with Crippen LogP contribution in [-0.2, 0) is 4.79 Å². The summed E-state index contributed by atoms with van der Waals surface area (Å²) in [5.41, 5.74) is 2.62. The van der Waals surface area contributed by atoms with Crippen molar-refractivity contribution in [2.24, 2.45) is 0 Å². The molecule has 1 aromatic heterocycles. The van der Waals surface area contributed by atoms with Crippen LogP contribution in [0, 0.1) is 13.8 Å². The van der Waals surface area contributed by atoms with Gasteiger partial charge >= 0.3 is 0 Å². The maximum atomic E-state index is 11.9. The molecule has 0 unspecified atom stereocenters. The van der Waals surface area contributed by atoms with E-state index in [-0.39, 0.29) is 17.2 Å². The Hall–Kier alpha value is -2.15. The third kappa shape index (κ3) is 3.67. The lowest BCUT2D eigenvalue weighted by Gasteiger charge is -2.09. The Morgan fingerprint density at radius 1 is 1.40 bits per heavy atom. The van der Waals surface area contributed by atoms with Gasteiger partial charge in [0.15, 0.2) is 5.16 Å². The van der Waals surface area contributed by atoms with E-state index in [2.05, 4.69) is 20.5 Å². The average molecular weight is 290 g/mol. The van der Waals surface area contributed by atoms with E-state index in [9.17, 15) is 9.59 Å². The van der Waals surface area contributed by atoms with Gasteiger partial charge in [-0.05, 0) is 31.0 Å². The molecule has 0 aliphatic heterocycles. The number of hydrogen-bond donors (Lipinski definition) is 2. The third-order valence-electron chi connectivity index (χ3n) is 2.77. The summed E-state index contributed by atoms with van der Waals surface area (Å²) in [5, 5.41) is 10.4. The quantitative estimate of drug-likeness (QED) is 0.833. The van der Waals surface area contributed by atoms with Gasteiger partial charge in [-0.2, -0.15) is 5.10 Å². The Morgan fingerprint density at radius 2 is 2.20 bits per heavy atom. The fraction of sp³-hybridized carbons (Fsp3) is 0.231. The molecule has 2 N–H and O–H groups in total. The van der Waals surface area contributed by atoms with Crippen molar-refractivity contribution in [1.29, 1.82) is 0 Å². The third-order valence-corrected chi connectivity index (χ3v) is 3.64. The topological polar surface area (TPSA) is 87.7 Å². The van der Waals surface area contributed by atoms with Crippen LogP contribution in [0.4, 0.5) is 5.69 Å². The number of H-pyrrole nitrogens is 1. The molecule has 0 bridgehead atoms. The number of carbonyl (C=O) groups is 1. The second-order valence-corrected chi connectivity index (χ2v) is 5.19. The minimum atomic E-state index is -0.336. The van der Waals surface area contributed by atoms with E-state index in [4.69, 9.17) is 0 Å². The number of aryl methyl sites for hydroxylation is 1. The van der Waals surface area contributed by atoms with Crippen LogP contribution in [0.5, 0.6) is 0 Å². The van der Waals surface area contributed by atoms with Crippen molar-refractivity contribution in [2.45, 2.75) is 19.0 Å². The molecular formula is C13H14N4O2S. The monoisotopic (exact) mass is 290 g/mol. The van der Waals surface area contributed by atoms with Crippen LogP contribution >= 0.6 is 11.8 Å². The number of aromatic nitrogens is 3. The van der Waals surface area contributed by atoms with E-state index in [1.165, 1.54) is 0 Å². The average Bonchev–Trinajstić information content (AvgIpc) is 2.42. The molecule has 0 aliphatic carbocycles. The molecule has 2 rings (SSSR count). The highest BCUT2D eigenvalue weighted by Gasteiger charge is 2.07. The first kappa shape index (κ1) is 14.3. The van der Waals surface area contributed by atoms with Crippen molar-refractivity contribution in [3.63, 3.8) is 0 Å². The van der Waals surface area contributed by atoms with E-state index in [1.54, 1.807) is 0 Å². The number of anilines is 1. The van der Waals surface area contributed by atoms with E-state index >= 15 is 0 Å². The molecule has 2 aromatic rings. The number of rotatable bonds is 4. The van der Waals surface area contributed by atoms with Crippen LogP contribution in [0.3, 0.4) is 0 Å². The Morgan fingerprint density at radius 3 is 2.95 bits per heavy atom. The van der Waals surface area contributed by atoms with Crippen molar-refractivity contribution >= 4 is 23.4 Å². The highest BCUT2D eigenvalue weighted by atomic mass is 32.2. The SMILES string of the molecule is Cc1cccc(NC(=O)CSc2nncc(=O)[nH]2)c1C. The predicted molar refractivity (Wildman–Crippen MR) is 77.9 cm³/mol. The van der Waals surface area contributed by atoms with Crippen LogP contribution in [0.1, 0.15) is 11.1 Å². The number of nitrogens with one attached hydrogen (secondary N) is 2. The number of aromatic amines is 1. The van der Waals surface area contributed by atoms with E-state index in [0.717, 1.165) is 34.8 Å². The van der Waals surface area contributed by atoms with Crippen LogP contribution in [0.15, 0.2) is 34.3 Å². The number of thioether (sulfide) groups is 1. The summed E-state index contributed by atoms with van der Waals surface area (Å²) in [7, 11) is 0. The largest absolute Gasteiger partial charge is 0.325 e. The Labute approximate surface area is 120 Å². The number of amides is 1. The van der Waals surface area contributed by atoms with E-state index in [1.807, 2.05) is 32.0 Å². The van der Waals surface area contributed by atoms with Gasteiger partial charge in [0.25, 0.3) is 5.56 Å². The number of nitrogens with zero attached hydrogens (tertiary/aromatic N) is 2. The molecule has 104 valence electrons. The lowest BCUT2D eigenvalue weighted by Crippen LogP contribution is -2.16. The minimum absolute atomic E-state index is 0.155. The van der Waals surface area contributed by atoms with Gasteiger partial charge in [0.2, 0.25) is 5.91 Å². The van der Waals surface area contributed by atoms with Gasteiger partial charge in [0.05, 0.1) is 5.75 Å². The summed E-state index contributed by atoms with van der Waals surface area (Å²) >= 11 is 1.13. The van der Waals surface area contributed by atoms with Gasteiger partial charge < -0.3 is 5.32 Å². The van der Waals surface area contributed by atoms with Gasteiger partial charge in [0, 0.05) is 5.69 Å². The van der Waals surface area contributed by atoms with Crippen LogP contribution in [-0.4, -0.2) is 26.8 Å². The van der Waals surface area contributed by atoms with Gasteiger partial charge in [0.1, 0.15) is 6.20 Å². The number of carbonyl (C=O) groups excluding carboxylic acids is 1. The van der Waals surface area contributed by atoms with Crippen molar-refractivity contribution in [1.82, 2.24) is 15.2 Å². The molecule has 1 heterocycles.